The summed E-state index contributed by atoms with van der Waals surface area (Å²) in [5, 5.41) is 2.82. The van der Waals surface area contributed by atoms with Crippen molar-refractivity contribution in [1.29, 1.82) is 0 Å². The number of nitrogens with two attached hydrogens (primary N) is 1. The van der Waals surface area contributed by atoms with Crippen LogP contribution in [0.25, 0.3) is 0 Å². The summed E-state index contributed by atoms with van der Waals surface area (Å²) < 4.78 is 13.1. The first-order valence-electron chi connectivity index (χ1n) is 6.93. The van der Waals surface area contributed by atoms with E-state index in [1.165, 1.54) is 18.2 Å². The summed E-state index contributed by atoms with van der Waals surface area (Å²) in [5.41, 5.74) is 5.85. The predicted octanol–water partition coefficient (Wildman–Crippen LogP) is 3.57. The Hall–Kier alpha value is -1.13. The Balaban J connectivity index is 2.11. The molecule has 1 aromatic rings. The molecule has 3 N–H and O–H groups in total. The van der Waals surface area contributed by atoms with E-state index in [1.807, 2.05) is 0 Å². The lowest BCUT2D eigenvalue weighted by Crippen LogP contribution is -2.44. The van der Waals surface area contributed by atoms with Crippen molar-refractivity contribution in [2.24, 2.45) is 17.1 Å². The van der Waals surface area contributed by atoms with Crippen LogP contribution in [0, 0.1) is 17.2 Å². The van der Waals surface area contributed by atoms with Gasteiger partial charge in [-0.1, -0.05) is 18.5 Å². The summed E-state index contributed by atoms with van der Waals surface area (Å²) in [6, 6.07) is 4.18. The largest absolute Gasteiger partial charge is 0.329 e. The quantitative estimate of drug-likeness (QED) is 0.896. The molecular formula is C15H20ClFN2O. The van der Waals surface area contributed by atoms with Gasteiger partial charge >= 0.3 is 0 Å². The monoisotopic (exact) mass is 298 g/mol. The predicted molar refractivity (Wildman–Crippen MR) is 79.2 cm³/mol. The average molecular weight is 299 g/mol. The summed E-state index contributed by atoms with van der Waals surface area (Å²) in [4.78, 5) is 12.5. The number of amides is 1. The lowest BCUT2D eigenvalue weighted by atomic mass is 9.70. The van der Waals surface area contributed by atoms with Gasteiger partial charge in [-0.2, -0.15) is 0 Å². The maximum Gasteiger partial charge on any atom is 0.231 e. The topological polar surface area (TPSA) is 55.1 Å². The van der Waals surface area contributed by atoms with Gasteiger partial charge in [0.15, 0.2) is 0 Å². The molecule has 0 radical (unpaired) electrons. The summed E-state index contributed by atoms with van der Waals surface area (Å²) in [6.07, 6.45) is 3.61. The van der Waals surface area contributed by atoms with Gasteiger partial charge in [-0.15, -0.1) is 0 Å². The number of carbonyl (C=O) groups excluding carboxylic acids is 1. The van der Waals surface area contributed by atoms with Crippen LogP contribution in [0.2, 0.25) is 5.02 Å². The molecule has 110 valence electrons. The second-order valence-electron chi connectivity index (χ2n) is 5.75. The Bertz CT molecular complexity index is 499. The molecule has 1 aliphatic carbocycles. The summed E-state index contributed by atoms with van der Waals surface area (Å²) in [5.74, 6) is 0.0574. The second kappa shape index (κ2) is 6.10. The van der Waals surface area contributed by atoms with Crippen molar-refractivity contribution in [3.05, 3.63) is 29.0 Å². The highest BCUT2D eigenvalue weighted by Crippen LogP contribution is 2.39. The Labute approximate surface area is 123 Å². The highest BCUT2D eigenvalue weighted by Gasteiger charge is 2.39. The van der Waals surface area contributed by atoms with Crippen molar-refractivity contribution in [3.63, 3.8) is 0 Å². The number of hydrogen-bond donors (Lipinski definition) is 2. The molecule has 3 nitrogen and oxygen atoms in total. The first kappa shape index (κ1) is 15.3. The molecule has 0 atom stereocenters. The van der Waals surface area contributed by atoms with E-state index in [2.05, 4.69) is 12.2 Å². The van der Waals surface area contributed by atoms with Crippen molar-refractivity contribution in [3.8, 4) is 0 Å². The zero-order valence-corrected chi connectivity index (χ0v) is 12.3. The third-order valence-electron chi connectivity index (χ3n) is 4.28. The number of rotatable bonds is 3. The standard InChI is InChI=1S/C15H20ClFN2O/c1-10-4-6-15(9-18,7-5-10)14(20)19-11-2-3-13(17)12(16)8-11/h2-3,8,10H,4-7,9,18H2,1H3,(H,19,20). The molecule has 5 heteroatoms. The molecule has 0 saturated heterocycles. The Morgan fingerprint density at radius 1 is 1.50 bits per heavy atom. The molecule has 2 rings (SSSR count). The molecule has 0 spiro atoms. The SMILES string of the molecule is CC1CCC(CN)(C(=O)Nc2ccc(F)c(Cl)c2)CC1. The van der Waals surface area contributed by atoms with E-state index in [4.69, 9.17) is 17.3 Å². The Morgan fingerprint density at radius 3 is 2.70 bits per heavy atom. The normalized spacial score (nSPS) is 26.3. The average Bonchev–Trinajstić information content (AvgIpc) is 2.44. The number of hydrogen-bond acceptors (Lipinski definition) is 2. The third kappa shape index (κ3) is 3.13. The minimum absolute atomic E-state index is 0.00173. The van der Waals surface area contributed by atoms with Gasteiger partial charge in [0.1, 0.15) is 5.82 Å². The molecule has 1 aliphatic rings. The third-order valence-corrected chi connectivity index (χ3v) is 4.57. The van der Waals surface area contributed by atoms with E-state index in [9.17, 15) is 9.18 Å². The fourth-order valence-electron chi connectivity index (χ4n) is 2.68. The molecular weight excluding hydrogens is 279 g/mol. The van der Waals surface area contributed by atoms with Gasteiger partial charge in [0.25, 0.3) is 0 Å². The fraction of sp³-hybridized carbons (Fsp3) is 0.533. The van der Waals surface area contributed by atoms with Crippen LogP contribution in [0.15, 0.2) is 18.2 Å². The Morgan fingerprint density at radius 2 is 2.15 bits per heavy atom. The highest BCUT2D eigenvalue weighted by atomic mass is 35.5. The molecule has 1 aromatic carbocycles. The fourth-order valence-corrected chi connectivity index (χ4v) is 2.86. The van der Waals surface area contributed by atoms with Crippen LogP contribution in [0.5, 0.6) is 0 Å². The van der Waals surface area contributed by atoms with Crippen LogP contribution in [-0.2, 0) is 4.79 Å². The van der Waals surface area contributed by atoms with Crippen molar-refractivity contribution in [2.45, 2.75) is 32.6 Å². The molecule has 0 bridgehead atoms. The first-order chi connectivity index (χ1) is 9.47. The summed E-state index contributed by atoms with van der Waals surface area (Å²) in [7, 11) is 0. The minimum atomic E-state index is -0.507. The first-order valence-corrected chi connectivity index (χ1v) is 7.31. The molecule has 1 saturated carbocycles. The molecule has 20 heavy (non-hydrogen) atoms. The van der Waals surface area contributed by atoms with Gasteiger partial charge < -0.3 is 11.1 Å². The van der Waals surface area contributed by atoms with E-state index >= 15 is 0 Å². The van der Waals surface area contributed by atoms with Crippen LogP contribution < -0.4 is 11.1 Å². The molecule has 0 aliphatic heterocycles. The van der Waals surface area contributed by atoms with E-state index in [1.54, 1.807) is 0 Å². The number of halogens is 2. The van der Waals surface area contributed by atoms with Gasteiger partial charge in [0.05, 0.1) is 10.4 Å². The number of benzene rings is 1. The van der Waals surface area contributed by atoms with E-state index in [0.29, 0.717) is 18.2 Å². The minimum Gasteiger partial charge on any atom is -0.329 e. The van der Waals surface area contributed by atoms with Crippen molar-refractivity contribution < 1.29 is 9.18 Å². The number of carbonyl (C=O) groups is 1. The van der Waals surface area contributed by atoms with Crippen LogP contribution in [0.3, 0.4) is 0 Å². The van der Waals surface area contributed by atoms with Gasteiger partial charge in [-0.3, -0.25) is 4.79 Å². The smallest absolute Gasteiger partial charge is 0.231 e. The van der Waals surface area contributed by atoms with E-state index < -0.39 is 11.2 Å². The lowest BCUT2D eigenvalue weighted by molar-refractivity contribution is -0.127. The van der Waals surface area contributed by atoms with Crippen LogP contribution in [-0.4, -0.2) is 12.5 Å². The van der Waals surface area contributed by atoms with Gasteiger partial charge in [-0.05, 0) is 49.8 Å². The summed E-state index contributed by atoms with van der Waals surface area (Å²) in [6.45, 7) is 2.53. The van der Waals surface area contributed by atoms with E-state index in [0.717, 1.165) is 25.7 Å². The Kier molecular flexibility index (Phi) is 4.66. The van der Waals surface area contributed by atoms with Crippen molar-refractivity contribution in [2.75, 3.05) is 11.9 Å². The van der Waals surface area contributed by atoms with Crippen molar-refractivity contribution >= 4 is 23.2 Å². The maximum absolute atomic E-state index is 13.1. The lowest BCUT2D eigenvalue weighted by Gasteiger charge is -2.37. The second-order valence-corrected chi connectivity index (χ2v) is 6.16. The van der Waals surface area contributed by atoms with Crippen molar-refractivity contribution in [1.82, 2.24) is 0 Å². The van der Waals surface area contributed by atoms with Gasteiger partial charge in [0.2, 0.25) is 5.91 Å². The van der Waals surface area contributed by atoms with Crippen LogP contribution in [0.4, 0.5) is 10.1 Å². The van der Waals surface area contributed by atoms with Gasteiger partial charge in [-0.25, -0.2) is 4.39 Å². The molecule has 0 heterocycles. The number of nitrogens with one attached hydrogen (secondary N) is 1. The molecule has 1 fully saturated rings. The number of anilines is 1. The maximum atomic E-state index is 13.1. The molecule has 0 aromatic heterocycles. The van der Waals surface area contributed by atoms with Crippen LogP contribution in [0.1, 0.15) is 32.6 Å². The van der Waals surface area contributed by atoms with Crippen LogP contribution >= 0.6 is 11.6 Å². The van der Waals surface area contributed by atoms with E-state index in [-0.39, 0.29) is 10.9 Å². The highest BCUT2D eigenvalue weighted by molar-refractivity contribution is 6.31. The zero-order valence-electron chi connectivity index (χ0n) is 11.6. The van der Waals surface area contributed by atoms with Gasteiger partial charge in [0, 0.05) is 12.2 Å². The molecule has 1 amide bonds. The zero-order chi connectivity index (χ0) is 14.8. The summed E-state index contributed by atoms with van der Waals surface area (Å²) >= 11 is 5.72. The molecule has 0 unspecified atom stereocenters.